The monoisotopic (exact) mass is 420 g/mol. The van der Waals surface area contributed by atoms with Crippen LogP contribution in [0.1, 0.15) is 39.5 Å². The zero-order chi connectivity index (χ0) is 19.8. The van der Waals surface area contributed by atoms with Crippen molar-refractivity contribution in [2.45, 2.75) is 29.7 Å². The summed E-state index contributed by atoms with van der Waals surface area (Å²) in [6, 6.07) is 17.9. The average molecular weight is 421 g/mol. The molecule has 0 spiro atoms. The molecule has 144 valence electrons. The second-order valence-corrected chi connectivity index (χ2v) is 8.47. The lowest BCUT2D eigenvalue weighted by molar-refractivity contribution is 0.0962. The fraction of sp³-hybridized carbons (Fsp3) is 0.182. The lowest BCUT2D eigenvalue weighted by Crippen LogP contribution is -2.21. The number of fused-ring (bicyclic) bond motifs is 2. The van der Waals surface area contributed by atoms with Crippen LogP contribution in [0.5, 0.6) is 0 Å². The molecule has 1 atom stereocenters. The number of hydrogen-bond donors (Lipinski definition) is 0. The Morgan fingerprint density at radius 1 is 1.03 bits per heavy atom. The Balaban J connectivity index is 1.40. The first-order valence-corrected chi connectivity index (χ1v) is 10.7. The highest BCUT2D eigenvalue weighted by atomic mass is 35.5. The highest BCUT2D eigenvalue weighted by Crippen LogP contribution is 2.32. The number of hydrogen-bond acceptors (Lipinski definition) is 5. The minimum absolute atomic E-state index is 0.111. The quantitative estimate of drug-likeness (QED) is 0.435. The molecule has 2 heterocycles. The van der Waals surface area contributed by atoms with Crippen molar-refractivity contribution >= 4 is 34.9 Å². The molecule has 0 N–H and O–H groups in total. The van der Waals surface area contributed by atoms with Gasteiger partial charge in [0.25, 0.3) is 5.78 Å². The molecule has 5 rings (SSSR count). The van der Waals surface area contributed by atoms with Gasteiger partial charge in [0.15, 0.2) is 5.78 Å². The van der Waals surface area contributed by atoms with E-state index in [0.29, 0.717) is 22.9 Å². The van der Waals surface area contributed by atoms with E-state index in [1.165, 1.54) is 17.3 Å². The van der Waals surface area contributed by atoms with E-state index in [2.05, 4.69) is 27.2 Å². The van der Waals surface area contributed by atoms with Crippen molar-refractivity contribution < 1.29 is 4.79 Å². The normalized spacial score (nSPS) is 16.2. The number of rotatable bonds is 4. The number of halogens is 1. The van der Waals surface area contributed by atoms with Gasteiger partial charge < -0.3 is 0 Å². The van der Waals surface area contributed by atoms with E-state index < -0.39 is 0 Å². The maximum atomic E-state index is 12.7. The first-order chi connectivity index (χ1) is 14.2. The zero-order valence-electron chi connectivity index (χ0n) is 15.5. The molecule has 1 aliphatic carbocycles. The van der Waals surface area contributed by atoms with Crippen LogP contribution in [-0.4, -0.2) is 25.4 Å². The third kappa shape index (κ3) is 3.78. The molecule has 0 radical (unpaired) electrons. The van der Waals surface area contributed by atoms with Crippen molar-refractivity contribution in [1.29, 1.82) is 0 Å². The van der Waals surface area contributed by atoms with E-state index in [1.54, 1.807) is 10.7 Å². The number of thioether (sulfide) groups is 1. The van der Waals surface area contributed by atoms with Gasteiger partial charge in [0.05, 0.1) is 11.3 Å². The number of ketones is 1. The van der Waals surface area contributed by atoms with Gasteiger partial charge in [-0.05, 0) is 35.6 Å². The average Bonchev–Trinajstić information content (AvgIpc) is 3.14. The molecular formula is C22H17ClN4OS. The maximum Gasteiger partial charge on any atom is 0.253 e. The molecule has 2 aromatic heterocycles. The van der Waals surface area contributed by atoms with Crippen molar-refractivity contribution in [3.8, 4) is 0 Å². The summed E-state index contributed by atoms with van der Waals surface area (Å²) < 4.78 is 1.61. The van der Waals surface area contributed by atoms with Crippen LogP contribution in [0.25, 0.3) is 5.78 Å². The van der Waals surface area contributed by atoms with Gasteiger partial charge in [-0.25, -0.2) is 9.50 Å². The van der Waals surface area contributed by atoms with Gasteiger partial charge in [-0.15, -0.1) is 5.10 Å². The molecule has 7 heteroatoms. The molecular weight excluding hydrogens is 404 g/mol. The third-order valence-corrected chi connectivity index (χ3v) is 6.28. The highest BCUT2D eigenvalue weighted by molar-refractivity contribution is 7.98. The molecule has 2 aromatic carbocycles. The number of benzene rings is 2. The Kier molecular flexibility index (Phi) is 4.81. The van der Waals surface area contributed by atoms with Crippen LogP contribution in [0.3, 0.4) is 0 Å². The van der Waals surface area contributed by atoms with E-state index >= 15 is 0 Å². The summed E-state index contributed by atoms with van der Waals surface area (Å²) in [6.45, 7) is 0. The second-order valence-electron chi connectivity index (χ2n) is 7.09. The van der Waals surface area contributed by atoms with Gasteiger partial charge in [0.2, 0.25) is 5.16 Å². The molecule has 29 heavy (non-hydrogen) atoms. The standard InChI is InChI=1S/C22H17ClN4OS/c23-17-8-6-14(7-9-17)13-29-22-25-21-24-19-10-16(15-4-2-1-3-5-15)11-20(28)18(19)12-27(21)26-22/h1-9,12,16H,10-11,13H2/t16-/m0/s1. The first kappa shape index (κ1) is 18.3. The number of nitrogens with zero attached hydrogens (tertiary/aromatic N) is 4. The molecule has 0 amide bonds. The molecule has 0 saturated heterocycles. The lowest BCUT2D eigenvalue weighted by Gasteiger charge is -2.22. The summed E-state index contributed by atoms with van der Waals surface area (Å²) in [5, 5.41) is 5.85. The van der Waals surface area contributed by atoms with Crippen LogP contribution < -0.4 is 0 Å². The van der Waals surface area contributed by atoms with E-state index in [4.69, 9.17) is 11.6 Å². The van der Waals surface area contributed by atoms with Gasteiger partial charge in [-0.1, -0.05) is 65.8 Å². The largest absolute Gasteiger partial charge is 0.294 e. The lowest BCUT2D eigenvalue weighted by atomic mass is 9.82. The van der Waals surface area contributed by atoms with Crippen LogP contribution in [0.15, 0.2) is 66.0 Å². The highest BCUT2D eigenvalue weighted by Gasteiger charge is 2.28. The van der Waals surface area contributed by atoms with E-state index in [1.807, 2.05) is 42.5 Å². The summed E-state index contributed by atoms with van der Waals surface area (Å²) in [7, 11) is 0. The van der Waals surface area contributed by atoms with Crippen molar-refractivity contribution in [3.63, 3.8) is 0 Å². The fourth-order valence-electron chi connectivity index (χ4n) is 3.61. The first-order valence-electron chi connectivity index (χ1n) is 9.37. The Morgan fingerprint density at radius 3 is 2.62 bits per heavy atom. The molecule has 4 aromatic rings. The minimum Gasteiger partial charge on any atom is -0.294 e. The Morgan fingerprint density at radius 2 is 1.83 bits per heavy atom. The molecule has 0 saturated carbocycles. The smallest absolute Gasteiger partial charge is 0.253 e. The van der Waals surface area contributed by atoms with E-state index in [9.17, 15) is 4.79 Å². The van der Waals surface area contributed by atoms with Crippen LogP contribution >= 0.6 is 23.4 Å². The topological polar surface area (TPSA) is 60.2 Å². The molecule has 1 aliphatic rings. The van der Waals surface area contributed by atoms with Crippen LogP contribution in [0.2, 0.25) is 5.02 Å². The van der Waals surface area contributed by atoms with Gasteiger partial charge >= 0.3 is 0 Å². The summed E-state index contributed by atoms with van der Waals surface area (Å²) in [4.78, 5) is 21.9. The number of carbonyl (C=O) groups is 1. The molecule has 0 bridgehead atoms. The van der Waals surface area contributed by atoms with Crippen molar-refractivity contribution in [3.05, 3.63) is 88.2 Å². The number of carbonyl (C=O) groups excluding carboxylic acids is 1. The predicted molar refractivity (Wildman–Crippen MR) is 114 cm³/mol. The van der Waals surface area contributed by atoms with Gasteiger partial charge in [0.1, 0.15) is 0 Å². The van der Waals surface area contributed by atoms with Crippen molar-refractivity contribution in [2.75, 3.05) is 0 Å². The molecule has 0 unspecified atom stereocenters. The summed E-state index contributed by atoms with van der Waals surface area (Å²) in [5.41, 5.74) is 3.79. The Labute approximate surface area is 177 Å². The zero-order valence-corrected chi connectivity index (χ0v) is 17.0. The molecule has 0 fully saturated rings. The van der Waals surface area contributed by atoms with E-state index in [0.717, 1.165) is 28.5 Å². The van der Waals surface area contributed by atoms with Gasteiger partial charge in [-0.3, -0.25) is 4.79 Å². The van der Waals surface area contributed by atoms with Crippen LogP contribution in [-0.2, 0) is 12.2 Å². The van der Waals surface area contributed by atoms with Crippen molar-refractivity contribution in [1.82, 2.24) is 19.6 Å². The Bertz CT molecular complexity index is 1190. The summed E-state index contributed by atoms with van der Waals surface area (Å²) in [6.07, 6.45) is 3.01. The number of Topliss-reactive ketones (excluding diaryl/α,β-unsaturated/α-hetero) is 1. The predicted octanol–water partition coefficient (Wildman–Crippen LogP) is 4.98. The van der Waals surface area contributed by atoms with Crippen LogP contribution in [0, 0.1) is 0 Å². The minimum atomic E-state index is 0.111. The number of aromatic nitrogens is 4. The van der Waals surface area contributed by atoms with Crippen LogP contribution in [0.4, 0.5) is 0 Å². The van der Waals surface area contributed by atoms with E-state index in [-0.39, 0.29) is 11.7 Å². The van der Waals surface area contributed by atoms with Crippen molar-refractivity contribution in [2.24, 2.45) is 0 Å². The molecule has 0 aliphatic heterocycles. The second kappa shape index (κ2) is 7.61. The third-order valence-electron chi connectivity index (χ3n) is 5.12. The fourth-order valence-corrected chi connectivity index (χ4v) is 4.52. The summed E-state index contributed by atoms with van der Waals surface area (Å²) >= 11 is 7.47. The maximum absolute atomic E-state index is 12.7. The van der Waals surface area contributed by atoms with Gasteiger partial charge in [0, 0.05) is 23.4 Å². The molecule has 5 nitrogen and oxygen atoms in total. The van der Waals surface area contributed by atoms with Gasteiger partial charge in [-0.2, -0.15) is 4.98 Å². The summed E-state index contributed by atoms with van der Waals surface area (Å²) in [5.74, 6) is 1.54. The SMILES string of the molecule is O=C1C[C@@H](c2ccccc2)Cc2nc3nc(SCc4ccc(Cl)cc4)nn3cc21. The Hall–Kier alpha value is -2.70.